The van der Waals surface area contributed by atoms with Gasteiger partial charge in [0.1, 0.15) is 6.10 Å². The van der Waals surface area contributed by atoms with Crippen LogP contribution in [0.5, 0.6) is 0 Å². The van der Waals surface area contributed by atoms with Crippen LogP contribution in [-0.2, 0) is 39.0 Å². The number of carbonyl (C=O) groups excluding carboxylic acids is 2. The molecule has 0 aromatic rings. The number of nitrogens with two attached hydrogens (primary N) is 2. The van der Waals surface area contributed by atoms with Crippen LogP contribution in [0.2, 0.25) is 0 Å². The fourth-order valence-corrected chi connectivity index (χ4v) is 6.55. The minimum Gasteiger partial charge on any atom is -0.475 e. The lowest BCUT2D eigenvalue weighted by Gasteiger charge is -2.32. The van der Waals surface area contributed by atoms with Gasteiger partial charge in [-0.1, -0.05) is 26.7 Å². The molecule has 1 amide bonds. The Kier molecular flexibility index (Phi) is 12.8. The molecule has 36 heavy (non-hydrogen) atoms. The standard InChI is InChI=1S/C17H33N3O7S2.C2HF3O2/c1-4-6-14(7-5-2)29(25,26)12-17(19,15(18)21)16(22)27-13-8-10-20(11-9-13)28(3,23)24;3-2(4,5)1(6)7/h13-14H,4-12,19H2,1-3H3,(H2,18,21);(H,6,7). The van der Waals surface area contributed by atoms with Gasteiger partial charge >= 0.3 is 18.1 Å². The first-order valence-electron chi connectivity index (χ1n) is 11.0. The number of amides is 1. The Labute approximate surface area is 208 Å². The molecule has 1 rings (SSSR count). The summed E-state index contributed by atoms with van der Waals surface area (Å²) in [5.41, 5.74) is 8.68. The largest absolute Gasteiger partial charge is 0.490 e. The second-order valence-electron chi connectivity index (χ2n) is 8.41. The number of carboxylic acids is 1. The number of halogens is 3. The summed E-state index contributed by atoms with van der Waals surface area (Å²) in [5.74, 6) is -6.14. The van der Waals surface area contributed by atoms with Crippen LogP contribution < -0.4 is 11.5 Å². The predicted molar refractivity (Wildman–Crippen MR) is 123 cm³/mol. The minimum atomic E-state index is -5.08. The molecular weight excluding hydrogens is 535 g/mol. The number of carboxylic acid groups (broad SMARTS) is 1. The molecule has 1 heterocycles. The average Bonchev–Trinajstić information content (AvgIpc) is 2.72. The van der Waals surface area contributed by atoms with Gasteiger partial charge in [0.2, 0.25) is 21.5 Å². The van der Waals surface area contributed by atoms with E-state index < -0.39 is 66.5 Å². The van der Waals surface area contributed by atoms with E-state index in [0.29, 0.717) is 25.7 Å². The second-order valence-corrected chi connectivity index (χ2v) is 12.7. The lowest BCUT2D eigenvalue weighted by molar-refractivity contribution is -0.192. The predicted octanol–water partition coefficient (Wildman–Crippen LogP) is 0.153. The van der Waals surface area contributed by atoms with E-state index in [-0.39, 0.29) is 25.9 Å². The maximum Gasteiger partial charge on any atom is 0.490 e. The summed E-state index contributed by atoms with van der Waals surface area (Å²) >= 11 is 0. The molecule has 0 spiro atoms. The van der Waals surface area contributed by atoms with Crippen LogP contribution >= 0.6 is 0 Å². The van der Waals surface area contributed by atoms with Crippen molar-refractivity contribution in [3.63, 3.8) is 0 Å². The van der Waals surface area contributed by atoms with E-state index in [4.69, 9.17) is 26.1 Å². The van der Waals surface area contributed by atoms with Crippen molar-refractivity contribution in [2.75, 3.05) is 25.1 Å². The first kappa shape index (κ1) is 34.0. The highest BCUT2D eigenvalue weighted by atomic mass is 32.2. The number of piperidine rings is 1. The van der Waals surface area contributed by atoms with Gasteiger partial charge in [0.25, 0.3) is 0 Å². The first-order valence-corrected chi connectivity index (χ1v) is 14.5. The lowest BCUT2D eigenvalue weighted by Crippen LogP contribution is -2.64. The molecule has 5 N–H and O–H groups in total. The highest BCUT2D eigenvalue weighted by molar-refractivity contribution is 7.92. The number of primary amides is 1. The van der Waals surface area contributed by atoms with Crippen LogP contribution in [0.15, 0.2) is 0 Å². The average molecular weight is 570 g/mol. The van der Waals surface area contributed by atoms with Crippen molar-refractivity contribution in [1.29, 1.82) is 0 Å². The monoisotopic (exact) mass is 569 g/mol. The fraction of sp³-hybridized carbons (Fsp3) is 0.842. The fourth-order valence-electron chi connectivity index (χ4n) is 3.35. The van der Waals surface area contributed by atoms with Crippen molar-refractivity contribution in [1.82, 2.24) is 4.31 Å². The molecule has 1 fully saturated rings. The molecule has 17 heteroatoms. The Morgan fingerprint density at radius 2 is 1.47 bits per heavy atom. The molecule has 0 aromatic carbocycles. The molecule has 1 aliphatic heterocycles. The smallest absolute Gasteiger partial charge is 0.475 e. The van der Waals surface area contributed by atoms with Gasteiger partial charge in [0.05, 0.1) is 17.3 Å². The topological polar surface area (TPSA) is 204 Å². The maximum absolute atomic E-state index is 12.8. The Hall–Kier alpha value is -1.98. The summed E-state index contributed by atoms with van der Waals surface area (Å²) in [6.07, 6.45) is -2.20. The molecular formula is C19H34F3N3O9S2. The zero-order chi connectivity index (χ0) is 28.5. The first-order chi connectivity index (χ1) is 16.2. The number of aliphatic carboxylic acids is 1. The molecule has 0 saturated carbocycles. The zero-order valence-corrected chi connectivity index (χ0v) is 21.9. The number of rotatable bonds is 11. The van der Waals surface area contributed by atoms with Crippen molar-refractivity contribution < 1.29 is 54.2 Å². The molecule has 212 valence electrons. The SMILES string of the molecule is CCCC(CCC)S(=O)(=O)CC(N)(C(N)=O)C(=O)OC1CCN(S(C)(=O)=O)CC1.O=C(O)C(F)(F)F. The van der Waals surface area contributed by atoms with Gasteiger partial charge in [-0.05, 0) is 25.7 Å². The number of hydrogen-bond donors (Lipinski definition) is 3. The molecule has 1 saturated heterocycles. The van der Waals surface area contributed by atoms with E-state index >= 15 is 0 Å². The summed E-state index contributed by atoms with van der Waals surface area (Å²) in [5, 5.41) is 6.41. The summed E-state index contributed by atoms with van der Waals surface area (Å²) < 4.78 is 87.0. The van der Waals surface area contributed by atoms with E-state index in [9.17, 15) is 39.6 Å². The van der Waals surface area contributed by atoms with E-state index in [1.165, 1.54) is 4.31 Å². The van der Waals surface area contributed by atoms with Gasteiger partial charge in [0.15, 0.2) is 9.84 Å². The van der Waals surface area contributed by atoms with Crippen molar-refractivity contribution in [3.05, 3.63) is 0 Å². The van der Waals surface area contributed by atoms with Gasteiger partial charge < -0.3 is 21.3 Å². The Morgan fingerprint density at radius 1 is 1.06 bits per heavy atom. The molecule has 1 unspecified atom stereocenters. The van der Waals surface area contributed by atoms with Crippen molar-refractivity contribution in [3.8, 4) is 0 Å². The number of sulfonamides is 1. The van der Waals surface area contributed by atoms with Crippen LogP contribution in [0, 0.1) is 0 Å². The van der Waals surface area contributed by atoms with Gasteiger partial charge in [-0.3, -0.25) is 4.79 Å². The third-order valence-electron chi connectivity index (χ3n) is 5.35. The molecule has 1 atom stereocenters. The van der Waals surface area contributed by atoms with Crippen molar-refractivity contribution in [2.45, 2.75) is 75.4 Å². The molecule has 0 radical (unpaired) electrons. The Morgan fingerprint density at radius 3 is 1.78 bits per heavy atom. The highest BCUT2D eigenvalue weighted by Crippen LogP contribution is 2.22. The number of sulfone groups is 1. The van der Waals surface area contributed by atoms with Crippen LogP contribution in [0.25, 0.3) is 0 Å². The molecule has 0 aromatic heterocycles. The summed E-state index contributed by atoms with van der Waals surface area (Å²) in [6, 6.07) is 0. The summed E-state index contributed by atoms with van der Waals surface area (Å²) in [6.45, 7) is 3.99. The van der Waals surface area contributed by atoms with Crippen LogP contribution in [0.1, 0.15) is 52.4 Å². The highest BCUT2D eigenvalue weighted by Gasteiger charge is 2.48. The van der Waals surface area contributed by atoms with Crippen molar-refractivity contribution in [2.24, 2.45) is 11.5 Å². The van der Waals surface area contributed by atoms with Gasteiger partial charge in [-0.2, -0.15) is 13.2 Å². The van der Waals surface area contributed by atoms with E-state index in [2.05, 4.69) is 0 Å². The molecule has 1 aliphatic rings. The van der Waals surface area contributed by atoms with Gasteiger partial charge in [-0.25, -0.2) is 30.7 Å². The van der Waals surface area contributed by atoms with Crippen LogP contribution in [0.3, 0.4) is 0 Å². The molecule has 12 nitrogen and oxygen atoms in total. The minimum absolute atomic E-state index is 0.151. The maximum atomic E-state index is 12.8. The van der Waals surface area contributed by atoms with E-state index in [1.54, 1.807) is 0 Å². The van der Waals surface area contributed by atoms with Crippen LogP contribution in [-0.4, -0.2) is 92.3 Å². The Balaban J connectivity index is 0.00000152. The second kappa shape index (κ2) is 13.5. The summed E-state index contributed by atoms with van der Waals surface area (Å²) in [7, 11) is -7.23. The number of alkyl halides is 3. The number of esters is 1. The lowest BCUT2D eigenvalue weighted by atomic mass is 10.0. The van der Waals surface area contributed by atoms with Gasteiger partial charge in [-0.15, -0.1) is 0 Å². The number of nitrogens with zero attached hydrogens (tertiary/aromatic N) is 1. The molecule has 0 aliphatic carbocycles. The van der Waals surface area contributed by atoms with E-state index in [0.717, 1.165) is 6.26 Å². The third-order valence-corrected chi connectivity index (χ3v) is 9.00. The van der Waals surface area contributed by atoms with E-state index in [1.807, 2.05) is 13.8 Å². The quantitative estimate of drug-likeness (QED) is 0.227. The van der Waals surface area contributed by atoms with Crippen molar-refractivity contribution >= 4 is 37.7 Å². The van der Waals surface area contributed by atoms with Crippen LogP contribution in [0.4, 0.5) is 13.2 Å². The van der Waals surface area contributed by atoms with Gasteiger partial charge in [0, 0.05) is 13.1 Å². The number of hydrogen-bond acceptors (Lipinski definition) is 9. The Bertz CT molecular complexity index is 974. The third kappa shape index (κ3) is 10.6. The number of carbonyl (C=O) groups is 3. The molecule has 0 bridgehead atoms. The summed E-state index contributed by atoms with van der Waals surface area (Å²) in [4.78, 5) is 33.5. The number of ether oxygens (including phenoxy) is 1. The normalized spacial score (nSPS) is 17.6. The zero-order valence-electron chi connectivity index (χ0n) is 20.3.